The predicted octanol–water partition coefficient (Wildman–Crippen LogP) is 2.70. The summed E-state index contributed by atoms with van der Waals surface area (Å²) in [5.41, 5.74) is 15.3. The standard InChI is InChI=1S/C19H27N7O/c1-4-5-8-22-18-17-15(23-19(21)24-18)11-26(25-17)10-14-7-6-13(12(2)20)9-16(14)27-3/h6-7,9,11-12H,4-5,8,10,20H2,1-3H3,(H3,21,22,23,24). The van der Waals surface area contributed by atoms with Gasteiger partial charge >= 0.3 is 0 Å². The summed E-state index contributed by atoms with van der Waals surface area (Å²) in [6.45, 7) is 5.46. The van der Waals surface area contributed by atoms with Gasteiger partial charge in [-0.3, -0.25) is 4.68 Å². The van der Waals surface area contributed by atoms with Crippen molar-refractivity contribution >= 4 is 22.8 Å². The van der Waals surface area contributed by atoms with Crippen LogP contribution in [0.15, 0.2) is 24.4 Å². The molecule has 1 aromatic carbocycles. The Morgan fingerprint density at radius 1 is 1.30 bits per heavy atom. The van der Waals surface area contributed by atoms with E-state index in [2.05, 4.69) is 27.3 Å². The van der Waals surface area contributed by atoms with Gasteiger partial charge in [0.2, 0.25) is 5.95 Å². The number of benzene rings is 1. The molecule has 0 amide bonds. The predicted molar refractivity (Wildman–Crippen MR) is 108 cm³/mol. The van der Waals surface area contributed by atoms with Crippen LogP contribution in [0.5, 0.6) is 5.75 Å². The van der Waals surface area contributed by atoms with Gasteiger partial charge in [0.1, 0.15) is 11.3 Å². The second-order valence-electron chi connectivity index (χ2n) is 6.63. The second-order valence-corrected chi connectivity index (χ2v) is 6.63. The van der Waals surface area contributed by atoms with Crippen LogP contribution in [0.25, 0.3) is 11.0 Å². The minimum atomic E-state index is -0.0461. The lowest BCUT2D eigenvalue weighted by Crippen LogP contribution is -2.08. The molecule has 0 radical (unpaired) electrons. The van der Waals surface area contributed by atoms with E-state index < -0.39 is 0 Å². The topological polar surface area (TPSA) is 117 Å². The number of methoxy groups -OCH3 is 1. The molecule has 0 bridgehead atoms. The minimum Gasteiger partial charge on any atom is -0.496 e. The highest BCUT2D eigenvalue weighted by molar-refractivity contribution is 5.85. The average molecular weight is 369 g/mol. The zero-order valence-electron chi connectivity index (χ0n) is 16.1. The van der Waals surface area contributed by atoms with Crippen molar-refractivity contribution in [3.05, 3.63) is 35.5 Å². The first-order chi connectivity index (χ1) is 13.0. The molecule has 1 atom stereocenters. The summed E-state index contributed by atoms with van der Waals surface area (Å²) in [4.78, 5) is 8.60. The van der Waals surface area contributed by atoms with Gasteiger partial charge in [0.25, 0.3) is 0 Å². The molecule has 2 aromatic heterocycles. The van der Waals surface area contributed by atoms with E-state index in [4.69, 9.17) is 16.2 Å². The van der Waals surface area contributed by atoms with Gasteiger partial charge < -0.3 is 21.5 Å². The number of nitrogens with two attached hydrogens (primary N) is 2. The van der Waals surface area contributed by atoms with Gasteiger partial charge in [-0.05, 0) is 25.0 Å². The Morgan fingerprint density at radius 2 is 2.11 bits per heavy atom. The van der Waals surface area contributed by atoms with E-state index in [0.29, 0.717) is 23.4 Å². The summed E-state index contributed by atoms with van der Waals surface area (Å²) >= 11 is 0. The number of nitrogens with one attached hydrogen (secondary N) is 1. The lowest BCUT2D eigenvalue weighted by molar-refractivity contribution is 0.406. The maximum absolute atomic E-state index is 5.96. The third kappa shape index (κ3) is 4.28. The van der Waals surface area contributed by atoms with E-state index in [0.717, 1.165) is 36.3 Å². The number of unbranched alkanes of at least 4 members (excludes halogenated alkanes) is 1. The number of hydrogen-bond acceptors (Lipinski definition) is 7. The number of hydrogen-bond donors (Lipinski definition) is 3. The fourth-order valence-electron chi connectivity index (χ4n) is 2.91. The SMILES string of the molecule is CCCCNc1nc(N)nc2cn(Cc3ccc(C(C)N)cc3OC)nc12. The third-order valence-electron chi connectivity index (χ3n) is 4.42. The zero-order valence-corrected chi connectivity index (χ0v) is 16.1. The molecule has 27 heavy (non-hydrogen) atoms. The second kappa shape index (κ2) is 8.22. The van der Waals surface area contributed by atoms with Crippen LogP contribution < -0.4 is 21.5 Å². The molecule has 0 fully saturated rings. The Kier molecular flexibility index (Phi) is 5.75. The summed E-state index contributed by atoms with van der Waals surface area (Å²) in [5, 5.41) is 7.96. The van der Waals surface area contributed by atoms with Crippen molar-refractivity contribution in [2.75, 3.05) is 24.7 Å². The highest BCUT2D eigenvalue weighted by atomic mass is 16.5. The molecular weight excluding hydrogens is 342 g/mol. The molecule has 5 N–H and O–H groups in total. The highest BCUT2D eigenvalue weighted by Crippen LogP contribution is 2.25. The van der Waals surface area contributed by atoms with E-state index in [9.17, 15) is 0 Å². The molecule has 0 aliphatic heterocycles. The van der Waals surface area contributed by atoms with E-state index in [-0.39, 0.29) is 12.0 Å². The van der Waals surface area contributed by atoms with Crippen molar-refractivity contribution in [2.45, 2.75) is 39.3 Å². The van der Waals surface area contributed by atoms with E-state index in [1.165, 1.54) is 0 Å². The molecular formula is C19H27N7O. The van der Waals surface area contributed by atoms with Crippen LogP contribution in [0, 0.1) is 0 Å². The highest BCUT2D eigenvalue weighted by Gasteiger charge is 2.13. The Balaban J connectivity index is 1.90. The Morgan fingerprint density at radius 3 is 2.81 bits per heavy atom. The number of aromatic nitrogens is 4. The molecule has 0 spiro atoms. The number of ether oxygens (including phenoxy) is 1. The van der Waals surface area contributed by atoms with Gasteiger partial charge in [0.05, 0.1) is 19.9 Å². The molecule has 0 saturated heterocycles. The van der Waals surface area contributed by atoms with E-state index in [1.807, 2.05) is 36.0 Å². The van der Waals surface area contributed by atoms with Crippen LogP contribution in [0.1, 0.15) is 43.9 Å². The van der Waals surface area contributed by atoms with Gasteiger partial charge in [-0.15, -0.1) is 0 Å². The Bertz CT molecular complexity index is 920. The third-order valence-corrected chi connectivity index (χ3v) is 4.42. The summed E-state index contributed by atoms with van der Waals surface area (Å²) in [7, 11) is 1.66. The normalized spacial score (nSPS) is 12.3. The molecule has 2 heterocycles. The molecule has 0 saturated carbocycles. The van der Waals surface area contributed by atoms with Crippen molar-refractivity contribution in [3.8, 4) is 5.75 Å². The lowest BCUT2D eigenvalue weighted by Gasteiger charge is -2.12. The van der Waals surface area contributed by atoms with Gasteiger partial charge in [-0.1, -0.05) is 25.5 Å². The number of nitrogen functional groups attached to an aromatic ring is 1. The first-order valence-electron chi connectivity index (χ1n) is 9.18. The summed E-state index contributed by atoms with van der Waals surface area (Å²) in [5.74, 6) is 1.69. The van der Waals surface area contributed by atoms with Gasteiger partial charge in [-0.25, -0.2) is 4.98 Å². The quantitative estimate of drug-likeness (QED) is 0.523. The van der Waals surface area contributed by atoms with Gasteiger partial charge in [0.15, 0.2) is 11.3 Å². The van der Waals surface area contributed by atoms with Crippen molar-refractivity contribution in [1.82, 2.24) is 19.7 Å². The minimum absolute atomic E-state index is 0.0461. The van der Waals surface area contributed by atoms with Crippen LogP contribution in [-0.2, 0) is 6.54 Å². The molecule has 3 aromatic rings. The van der Waals surface area contributed by atoms with Crippen molar-refractivity contribution in [1.29, 1.82) is 0 Å². The molecule has 0 aliphatic rings. The van der Waals surface area contributed by atoms with Gasteiger partial charge in [-0.2, -0.15) is 10.1 Å². The first kappa shape index (κ1) is 18.9. The zero-order chi connectivity index (χ0) is 19.4. The molecule has 144 valence electrons. The Hall–Kier alpha value is -2.87. The number of rotatable bonds is 8. The smallest absolute Gasteiger partial charge is 0.222 e. The fraction of sp³-hybridized carbons (Fsp3) is 0.421. The Labute approximate surface area is 158 Å². The molecule has 8 heteroatoms. The fourth-order valence-corrected chi connectivity index (χ4v) is 2.91. The van der Waals surface area contributed by atoms with Crippen molar-refractivity contribution in [2.24, 2.45) is 5.73 Å². The molecule has 3 rings (SSSR count). The van der Waals surface area contributed by atoms with Crippen LogP contribution in [0.3, 0.4) is 0 Å². The van der Waals surface area contributed by atoms with Crippen LogP contribution in [0.2, 0.25) is 0 Å². The summed E-state index contributed by atoms with van der Waals surface area (Å²) in [6, 6.07) is 5.96. The van der Waals surface area contributed by atoms with Crippen LogP contribution in [-0.4, -0.2) is 33.4 Å². The maximum Gasteiger partial charge on any atom is 0.222 e. The van der Waals surface area contributed by atoms with Crippen molar-refractivity contribution < 1.29 is 4.74 Å². The molecule has 8 nitrogen and oxygen atoms in total. The molecule has 0 aliphatic carbocycles. The summed E-state index contributed by atoms with van der Waals surface area (Å²) in [6.07, 6.45) is 4.02. The van der Waals surface area contributed by atoms with E-state index in [1.54, 1.807) is 7.11 Å². The number of nitrogens with zero attached hydrogens (tertiary/aromatic N) is 4. The van der Waals surface area contributed by atoms with Crippen LogP contribution in [0.4, 0.5) is 11.8 Å². The first-order valence-corrected chi connectivity index (χ1v) is 9.18. The van der Waals surface area contributed by atoms with Crippen molar-refractivity contribution in [3.63, 3.8) is 0 Å². The monoisotopic (exact) mass is 369 g/mol. The average Bonchev–Trinajstić information content (AvgIpc) is 3.04. The lowest BCUT2D eigenvalue weighted by atomic mass is 10.1. The van der Waals surface area contributed by atoms with Crippen LogP contribution >= 0.6 is 0 Å². The maximum atomic E-state index is 5.96. The number of fused-ring (bicyclic) bond motifs is 1. The largest absolute Gasteiger partial charge is 0.496 e. The summed E-state index contributed by atoms with van der Waals surface area (Å²) < 4.78 is 7.36. The van der Waals surface area contributed by atoms with E-state index >= 15 is 0 Å². The van der Waals surface area contributed by atoms with Gasteiger partial charge in [0, 0.05) is 18.2 Å². The number of anilines is 2. The molecule has 1 unspecified atom stereocenters.